The number of piperidine rings is 1. The number of nitrogens with two attached hydrogens (primary N) is 1. The molecule has 7 nitrogen and oxygen atoms in total. The molecule has 0 aliphatic carbocycles. The second-order valence-electron chi connectivity index (χ2n) is 6.59. The van der Waals surface area contributed by atoms with E-state index in [9.17, 15) is 17.6 Å². The minimum absolute atomic E-state index is 0.0352. The van der Waals surface area contributed by atoms with Crippen molar-refractivity contribution in [2.75, 3.05) is 28.9 Å². The van der Waals surface area contributed by atoms with Crippen LogP contribution in [0.4, 0.5) is 16.0 Å². The van der Waals surface area contributed by atoms with E-state index < -0.39 is 21.6 Å². The first-order chi connectivity index (χ1) is 13.3. The molecule has 150 valence electrons. The Morgan fingerprint density at radius 1 is 1.21 bits per heavy atom. The van der Waals surface area contributed by atoms with E-state index in [-0.39, 0.29) is 34.6 Å². The first-order valence-corrected chi connectivity index (χ1v) is 10.7. The number of hydrogen-bond acceptors (Lipinski definition) is 6. The third-order valence-electron chi connectivity index (χ3n) is 4.80. The van der Waals surface area contributed by atoms with Crippen LogP contribution < -0.4 is 15.4 Å². The largest absolute Gasteiger partial charge is 0.383 e. The summed E-state index contributed by atoms with van der Waals surface area (Å²) >= 11 is 0. The van der Waals surface area contributed by atoms with E-state index in [1.165, 1.54) is 34.6 Å². The molecule has 1 fully saturated rings. The molecule has 1 aromatic carbocycles. The molecule has 0 radical (unpaired) electrons. The van der Waals surface area contributed by atoms with Crippen LogP contribution in [0.5, 0.6) is 0 Å². The van der Waals surface area contributed by atoms with Crippen molar-refractivity contribution in [3.05, 3.63) is 53.3 Å². The lowest BCUT2D eigenvalue weighted by Gasteiger charge is -2.34. The van der Waals surface area contributed by atoms with Gasteiger partial charge in [-0.3, -0.25) is 9.10 Å². The number of sulfonamides is 1. The van der Waals surface area contributed by atoms with Gasteiger partial charge in [0.1, 0.15) is 17.5 Å². The predicted octanol–water partition coefficient (Wildman–Crippen LogP) is 1.94. The van der Waals surface area contributed by atoms with E-state index in [2.05, 4.69) is 10.3 Å². The average Bonchev–Trinajstić information content (AvgIpc) is 2.69. The molecule has 2 aromatic rings. The van der Waals surface area contributed by atoms with Crippen LogP contribution in [0.15, 0.2) is 36.4 Å². The first-order valence-electron chi connectivity index (χ1n) is 9.13. The predicted molar refractivity (Wildman–Crippen MR) is 106 cm³/mol. The molecule has 3 N–H and O–H groups in total. The molecule has 9 heteroatoms. The summed E-state index contributed by atoms with van der Waals surface area (Å²) in [4.78, 5) is 16.8. The summed E-state index contributed by atoms with van der Waals surface area (Å²) in [6, 6.07) is 8.24. The summed E-state index contributed by atoms with van der Waals surface area (Å²) in [7, 11) is -3.58. The molecule has 0 bridgehead atoms. The number of pyridine rings is 1. The van der Waals surface area contributed by atoms with E-state index in [1.807, 2.05) is 0 Å². The van der Waals surface area contributed by atoms with Gasteiger partial charge in [-0.1, -0.05) is 12.1 Å². The smallest absolute Gasteiger partial charge is 0.236 e. The number of aromatic nitrogens is 1. The van der Waals surface area contributed by atoms with E-state index in [0.717, 1.165) is 0 Å². The summed E-state index contributed by atoms with van der Waals surface area (Å²) < 4.78 is 40.6. The van der Waals surface area contributed by atoms with Gasteiger partial charge in [-0.15, -0.1) is 0 Å². The van der Waals surface area contributed by atoms with Crippen molar-refractivity contribution in [2.24, 2.45) is 0 Å². The Hall–Kier alpha value is -2.52. The zero-order valence-electron chi connectivity index (χ0n) is 15.6. The summed E-state index contributed by atoms with van der Waals surface area (Å²) in [6.45, 7) is 2.99. The highest BCUT2D eigenvalue weighted by Crippen LogP contribution is 2.27. The molecule has 0 unspecified atom stereocenters. The standard InChI is InChI=1S/C19H23FN4O3S/c1-2-28(26,27)24(13-9-11-22-12-10-13)17-8-7-15(19(21)23-17)18(25)14-5-3-4-6-16(14)20/h3-8,13,22H,2,9-12H2,1H3,(H2,21,23). The van der Waals surface area contributed by atoms with Crippen LogP contribution in [-0.4, -0.2) is 44.1 Å². The summed E-state index contributed by atoms with van der Waals surface area (Å²) in [6.07, 6.45) is 1.30. The molecule has 0 amide bonds. The van der Waals surface area contributed by atoms with Gasteiger partial charge >= 0.3 is 0 Å². The summed E-state index contributed by atoms with van der Waals surface area (Å²) in [5.41, 5.74) is 5.90. The van der Waals surface area contributed by atoms with Crippen LogP contribution in [0.25, 0.3) is 0 Å². The number of carbonyl (C=O) groups excluding carboxylic acids is 1. The van der Waals surface area contributed by atoms with Crippen molar-refractivity contribution in [2.45, 2.75) is 25.8 Å². The van der Waals surface area contributed by atoms with Crippen molar-refractivity contribution in [3.63, 3.8) is 0 Å². The van der Waals surface area contributed by atoms with Gasteiger partial charge in [0.05, 0.1) is 16.9 Å². The molecule has 1 aromatic heterocycles. The number of carbonyl (C=O) groups is 1. The Labute approximate surface area is 163 Å². The SMILES string of the molecule is CCS(=O)(=O)N(c1ccc(C(=O)c2ccccc2F)c(N)n1)C1CCNCC1. The minimum Gasteiger partial charge on any atom is -0.383 e. The Morgan fingerprint density at radius 3 is 2.50 bits per heavy atom. The number of rotatable bonds is 6. The molecule has 0 spiro atoms. The van der Waals surface area contributed by atoms with Crippen LogP contribution in [0.3, 0.4) is 0 Å². The Bertz CT molecular complexity index is 975. The van der Waals surface area contributed by atoms with Crippen LogP contribution in [0, 0.1) is 5.82 Å². The molecule has 2 heterocycles. The Balaban J connectivity index is 1.99. The molecule has 1 saturated heterocycles. The number of nitrogens with one attached hydrogen (secondary N) is 1. The van der Waals surface area contributed by atoms with Gasteiger partial charge in [0, 0.05) is 6.04 Å². The number of benzene rings is 1. The highest BCUT2D eigenvalue weighted by Gasteiger charge is 2.31. The zero-order chi connectivity index (χ0) is 20.3. The van der Waals surface area contributed by atoms with E-state index in [1.54, 1.807) is 13.0 Å². The first kappa shape index (κ1) is 20.2. The molecule has 1 aliphatic rings. The van der Waals surface area contributed by atoms with Gasteiger partial charge < -0.3 is 11.1 Å². The normalized spacial score (nSPS) is 15.4. The Kier molecular flexibility index (Phi) is 5.95. The van der Waals surface area contributed by atoms with Crippen molar-refractivity contribution in [1.29, 1.82) is 0 Å². The minimum atomic E-state index is -3.58. The fourth-order valence-electron chi connectivity index (χ4n) is 3.31. The second-order valence-corrected chi connectivity index (χ2v) is 8.72. The zero-order valence-corrected chi connectivity index (χ0v) is 16.4. The highest BCUT2D eigenvalue weighted by molar-refractivity contribution is 7.92. The molecule has 28 heavy (non-hydrogen) atoms. The lowest BCUT2D eigenvalue weighted by molar-refractivity contribution is 0.103. The monoisotopic (exact) mass is 406 g/mol. The van der Waals surface area contributed by atoms with Crippen LogP contribution in [-0.2, 0) is 10.0 Å². The van der Waals surface area contributed by atoms with Crippen molar-refractivity contribution in [1.82, 2.24) is 10.3 Å². The van der Waals surface area contributed by atoms with Crippen LogP contribution in [0.2, 0.25) is 0 Å². The molecule has 3 rings (SSSR count). The number of nitrogen functional groups attached to an aromatic ring is 1. The topological polar surface area (TPSA) is 105 Å². The maximum Gasteiger partial charge on any atom is 0.236 e. The molecule has 1 aliphatic heterocycles. The molecule has 0 atom stereocenters. The van der Waals surface area contributed by atoms with E-state index in [4.69, 9.17) is 5.73 Å². The fourth-order valence-corrected chi connectivity index (χ4v) is 4.64. The lowest BCUT2D eigenvalue weighted by atomic mass is 10.0. The number of hydrogen-bond donors (Lipinski definition) is 2. The lowest BCUT2D eigenvalue weighted by Crippen LogP contribution is -2.47. The van der Waals surface area contributed by atoms with Crippen molar-refractivity contribution < 1.29 is 17.6 Å². The summed E-state index contributed by atoms with van der Waals surface area (Å²) in [5, 5.41) is 3.20. The molecular weight excluding hydrogens is 383 g/mol. The molecular formula is C19H23FN4O3S. The second kappa shape index (κ2) is 8.24. The highest BCUT2D eigenvalue weighted by atomic mass is 32.2. The third-order valence-corrected chi connectivity index (χ3v) is 6.62. The average molecular weight is 406 g/mol. The van der Waals surface area contributed by atoms with Gasteiger partial charge in [-0.2, -0.15) is 0 Å². The number of halogens is 1. The number of ketones is 1. The quantitative estimate of drug-likeness (QED) is 0.711. The third kappa shape index (κ3) is 4.00. The van der Waals surface area contributed by atoms with Crippen LogP contribution >= 0.6 is 0 Å². The van der Waals surface area contributed by atoms with Gasteiger partial charge in [0.15, 0.2) is 5.78 Å². The number of anilines is 2. The van der Waals surface area contributed by atoms with Gasteiger partial charge in [-0.25, -0.2) is 17.8 Å². The fraction of sp³-hybridized carbons (Fsp3) is 0.368. The van der Waals surface area contributed by atoms with Gasteiger partial charge in [0.25, 0.3) is 0 Å². The maximum absolute atomic E-state index is 13.9. The van der Waals surface area contributed by atoms with Crippen LogP contribution in [0.1, 0.15) is 35.7 Å². The Morgan fingerprint density at radius 2 is 1.89 bits per heavy atom. The maximum atomic E-state index is 13.9. The summed E-state index contributed by atoms with van der Waals surface area (Å²) in [5.74, 6) is -1.27. The number of nitrogens with zero attached hydrogens (tertiary/aromatic N) is 2. The van der Waals surface area contributed by atoms with Gasteiger partial charge in [0.2, 0.25) is 10.0 Å². The van der Waals surface area contributed by atoms with E-state index >= 15 is 0 Å². The van der Waals surface area contributed by atoms with E-state index in [0.29, 0.717) is 25.9 Å². The molecule has 0 saturated carbocycles. The van der Waals surface area contributed by atoms with Crippen molar-refractivity contribution in [3.8, 4) is 0 Å². The van der Waals surface area contributed by atoms with Gasteiger partial charge in [-0.05, 0) is 57.1 Å². The van der Waals surface area contributed by atoms with Crippen molar-refractivity contribution >= 4 is 27.4 Å².